The maximum absolute atomic E-state index is 12.4. The lowest BCUT2D eigenvalue weighted by atomic mass is 9.98. The van der Waals surface area contributed by atoms with Crippen molar-refractivity contribution in [1.82, 2.24) is 5.32 Å². The van der Waals surface area contributed by atoms with Crippen LogP contribution < -0.4 is 5.32 Å². The van der Waals surface area contributed by atoms with E-state index in [2.05, 4.69) is 11.9 Å². The quantitative estimate of drug-likeness (QED) is 0.765. The number of rotatable bonds is 6. The highest BCUT2D eigenvalue weighted by Crippen LogP contribution is 2.29. The second-order valence-electron chi connectivity index (χ2n) is 4.69. The molecule has 0 aromatic heterocycles. The summed E-state index contributed by atoms with van der Waals surface area (Å²) in [6.07, 6.45) is -1.80. The normalized spacial score (nSPS) is 13.3. The van der Waals surface area contributed by atoms with Crippen molar-refractivity contribution in [3.05, 3.63) is 47.5 Å². The molecule has 0 saturated carbocycles. The Morgan fingerprint density at radius 3 is 2.26 bits per heavy atom. The molecule has 0 aliphatic carbocycles. The van der Waals surface area contributed by atoms with Gasteiger partial charge in [-0.1, -0.05) is 31.2 Å². The number of alkyl halides is 3. The van der Waals surface area contributed by atoms with Gasteiger partial charge >= 0.3 is 6.18 Å². The van der Waals surface area contributed by atoms with Gasteiger partial charge in [0.05, 0.1) is 5.56 Å². The van der Waals surface area contributed by atoms with E-state index < -0.39 is 11.7 Å². The molecule has 1 aromatic rings. The molecule has 0 aliphatic rings. The Bertz CT molecular complexity index is 406. The van der Waals surface area contributed by atoms with Gasteiger partial charge in [-0.05, 0) is 44.0 Å². The highest BCUT2D eigenvalue weighted by Gasteiger charge is 2.29. The monoisotopic (exact) mass is 271 g/mol. The van der Waals surface area contributed by atoms with Gasteiger partial charge in [0.15, 0.2) is 0 Å². The van der Waals surface area contributed by atoms with Crippen molar-refractivity contribution >= 4 is 0 Å². The maximum atomic E-state index is 12.4. The molecule has 0 amide bonds. The molecule has 0 bridgehead atoms. The summed E-state index contributed by atoms with van der Waals surface area (Å²) >= 11 is 0. The summed E-state index contributed by atoms with van der Waals surface area (Å²) in [6, 6.07) is 5.57. The van der Waals surface area contributed by atoms with Crippen LogP contribution in [0.2, 0.25) is 0 Å². The Hall–Kier alpha value is -1.29. The number of benzene rings is 1. The van der Waals surface area contributed by atoms with E-state index in [0.29, 0.717) is 6.42 Å². The fraction of sp³-hybridized carbons (Fsp3) is 0.467. The van der Waals surface area contributed by atoms with Gasteiger partial charge in [-0.3, -0.25) is 0 Å². The summed E-state index contributed by atoms with van der Waals surface area (Å²) in [5.74, 6) is 0. The van der Waals surface area contributed by atoms with Crippen LogP contribution in [0.3, 0.4) is 0 Å². The number of likely N-dealkylation sites (N-methyl/N-ethyl adjacent to an activating group) is 1. The first-order valence-electron chi connectivity index (χ1n) is 6.36. The molecule has 0 heterocycles. The third-order valence-corrected chi connectivity index (χ3v) is 3.21. The van der Waals surface area contributed by atoms with Crippen molar-refractivity contribution in [3.8, 4) is 0 Å². The Balaban J connectivity index is 2.68. The van der Waals surface area contributed by atoms with E-state index in [1.54, 1.807) is 12.1 Å². The largest absolute Gasteiger partial charge is 0.416 e. The number of hydrogen-bond acceptors (Lipinski definition) is 1. The summed E-state index contributed by atoms with van der Waals surface area (Å²) in [5.41, 5.74) is 1.44. The molecule has 1 atom stereocenters. The van der Waals surface area contributed by atoms with E-state index in [4.69, 9.17) is 0 Å². The van der Waals surface area contributed by atoms with Crippen LogP contribution in [0.1, 0.15) is 30.9 Å². The van der Waals surface area contributed by atoms with Crippen LogP contribution in [0.25, 0.3) is 0 Å². The van der Waals surface area contributed by atoms with Gasteiger partial charge in [-0.2, -0.15) is 13.2 Å². The van der Waals surface area contributed by atoms with Crippen LogP contribution in [0.4, 0.5) is 13.2 Å². The lowest BCUT2D eigenvalue weighted by Crippen LogP contribution is -2.28. The molecule has 1 aromatic carbocycles. The third-order valence-electron chi connectivity index (χ3n) is 3.21. The first-order chi connectivity index (χ1) is 8.86. The Kier molecular flexibility index (Phi) is 5.60. The fourth-order valence-corrected chi connectivity index (χ4v) is 1.88. The number of nitrogens with one attached hydrogen (secondary N) is 1. The summed E-state index contributed by atoms with van der Waals surface area (Å²) in [7, 11) is 1.86. The highest BCUT2D eigenvalue weighted by molar-refractivity contribution is 5.25. The molecule has 4 heteroatoms. The average molecular weight is 271 g/mol. The van der Waals surface area contributed by atoms with Crippen molar-refractivity contribution in [2.75, 3.05) is 7.05 Å². The zero-order valence-corrected chi connectivity index (χ0v) is 11.3. The first-order valence-corrected chi connectivity index (χ1v) is 6.36. The maximum Gasteiger partial charge on any atom is 0.416 e. The topological polar surface area (TPSA) is 12.0 Å². The number of halogens is 3. The van der Waals surface area contributed by atoms with Crippen molar-refractivity contribution in [1.29, 1.82) is 0 Å². The summed E-state index contributed by atoms with van der Waals surface area (Å²) in [6.45, 7) is 6.01. The van der Waals surface area contributed by atoms with Crippen LogP contribution in [-0.4, -0.2) is 13.1 Å². The van der Waals surface area contributed by atoms with Gasteiger partial charge in [0.25, 0.3) is 0 Å². The predicted molar refractivity (Wildman–Crippen MR) is 72.0 cm³/mol. The minimum Gasteiger partial charge on any atom is -0.316 e. The van der Waals surface area contributed by atoms with E-state index in [1.807, 2.05) is 14.0 Å². The molecule has 106 valence electrons. The molecular weight excluding hydrogens is 251 g/mol. The van der Waals surface area contributed by atoms with Crippen molar-refractivity contribution in [3.63, 3.8) is 0 Å². The minimum atomic E-state index is -4.27. The zero-order chi connectivity index (χ0) is 14.5. The van der Waals surface area contributed by atoms with E-state index in [0.717, 1.165) is 36.1 Å². The van der Waals surface area contributed by atoms with E-state index in [-0.39, 0.29) is 6.04 Å². The summed E-state index contributed by atoms with van der Waals surface area (Å²) < 4.78 is 37.3. The molecule has 0 spiro atoms. The molecular formula is C15H20F3N. The molecule has 1 unspecified atom stereocenters. The van der Waals surface area contributed by atoms with Crippen LogP contribution in [0.5, 0.6) is 0 Å². The smallest absolute Gasteiger partial charge is 0.316 e. The Morgan fingerprint density at radius 2 is 1.84 bits per heavy atom. The van der Waals surface area contributed by atoms with Gasteiger partial charge in [0, 0.05) is 6.04 Å². The summed E-state index contributed by atoms with van der Waals surface area (Å²) in [4.78, 5) is 0. The first kappa shape index (κ1) is 15.8. The van der Waals surface area contributed by atoms with Crippen molar-refractivity contribution < 1.29 is 13.2 Å². The van der Waals surface area contributed by atoms with Crippen LogP contribution in [0.15, 0.2) is 36.4 Å². The van der Waals surface area contributed by atoms with Crippen LogP contribution >= 0.6 is 0 Å². The van der Waals surface area contributed by atoms with Gasteiger partial charge < -0.3 is 5.32 Å². The van der Waals surface area contributed by atoms with Crippen LogP contribution in [-0.2, 0) is 12.6 Å². The highest BCUT2D eigenvalue weighted by atomic mass is 19.4. The molecule has 0 radical (unpaired) electrons. The molecule has 1 N–H and O–H groups in total. The molecule has 1 rings (SSSR count). The molecule has 0 fully saturated rings. The predicted octanol–water partition coefficient (Wildman–Crippen LogP) is 4.19. The lowest BCUT2D eigenvalue weighted by molar-refractivity contribution is -0.137. The second kappa shape index (κ2) is 6.75. The standard InChI is InChI=1S/C15H20F3N/c1-4-11(2)9-14(19-3)10-12-5-7-13(8-6-12)15(16,17)18/h5-8,14,19H,2,4,9-10H2,1,3H3. The van der Waals surface area contributed by atoms with E-state index >= 15 is 0 Å². The minimum absolute atomic E-state index is 0.212. The van der Waals surface area contributed by atoms with Gasteiger partial charge in [0.1, 0.15) is 0 Å². The molecule has 1 nitrogen and oxygen atoms in total. The van der Waals surface area contributed by atoms with Crippen molar-refractivity contribution in [2.24, 2.45) is 0 Å². The zero-order valence-electron chi connectivity index (χ0n) is 11.3. The number of hydrogen-bond donors (Lipinski definition) is 1. The van der Waals surface area contributed by atoms with Gasteiger partial charge in [0.2, 0.25) is 0 Å². The SMILES string of the molecule is C=C(CC)CC(Cc1ccc(C(F)(F)F)cc1)NC. The fourth-order valence-electron chi connectivity index (χ4n) is 1.88. The Morgan fingerprint density at radius 1 is 1.26 bits per heavy atom. The summed E-state index contributed by atoms with van der Waals surface area (Å²) in [5, 5.41) is 3.18. The third kappa shape index (κ3) is 5.07. The molecule has 0 saturated heterocycles. The molecule has 0 aliphatic heterocycles. The van der Waals surface area contributed by atoms with Gasteiger partial charge in [-0.25, -0.2) is 0 Å². The molecule has 19 heavy (non-hydrogen) atoms. The van der Waals surface area contributed by atoms with E-state index in [9.17, 15) is 13.2 Å². The second-order valence-corrected chi connectivity index (χ2v) is 4.69. The van der Waals surface area contributed by atoms with Crippen molar-refractivity contribution in [2.45, 2.75) is 38.4 Å². The van der Waals surface area contributed by atoms with Gasteiger partial charge in [-0.15, -0.1) is 0 Å². The van der Waals surface area contributed by atoms with Crippen LogP contribution in [0, 0.1) is 0 Å². The average Bonchev–Trinajstić information content (AvgIpc) is 2.37. The Labute approximate surface area is 112 Å². The lowest BCUT2D eigenvalue weighted by Gasteiger charge is -2.17. The van der Waals surface area contributed by atoms with E-state index in [1.165, 1.54) is 0 Å².